The maximum Gasteiger partial charge on any atom is 0.335 e. The highest BCUT2D eigenvalue weighted by molar-refractivity contribution is 8.30. The molecule has 2 aromatic heterocycles. The van der Waals surface area contributed by atoms with E-state index in [9.17, 15) is 9.59 Å². The Bertz CT molecular complexity index is 1400. The lowest BCUT2D eigenvalue weighted by Crippen LogP contribution is -1.97. The van der Waals surface area contributed by atoms with Crippen LogP contribution in [-0.2, 0) is 0 Å². The van der Waals surface area contributed by atoms with Gasteiger partial charge >= 0.3 is 5.97 Å². The number of aromatic nitrogens is 2. The fourth-order valence-electron chi connectivity index (χ4n) is 3.55. The lowest BCUT2D eigenvalue weighted by atomic mass is 10.2. The molecule has 6 rings (SSSR count). The maximum absolute atomic E-state index is 11.1. The Hall–Kier alpha value is -2.72. The Morgan fingerprint density at radius 2 is 1.06 bits per heavy atom. The van der Waals surface area contributed by atoms with E-state index < -0.39 is 5.97 Å². The summed E-state index contributed by atoms with van der Waals surface area (Å²) in [5, 5.41) is 9.08. The first kappa shape index (κ1) is 20.9. The smallest absolute Gasteiger partial charge is 0.335 e. The predicted molar refractivity (Wildman–Crippen MR) is 134 cm³/mol. The largest absolute Gasteiger partial charge is 0.478 e. The Morgan fingerprint density at radius 3 is 1.42 bits per heavy atom. The van der Waals surface area contributed by atoms with Gasteiger partial charge in [0.2, 0.25) is 0 Å². The zero-order chi connectivity index (χ0) is 22.5. The average Bonchev–Trinajstić information content (AvgIpc) is 3.58. The number of carboxylic acid groups (broad SMARTS) is 1. The standard InChI is InChI=1S/C24H14N2O3S4/c27-13-14-1-5-16(6-2-14)25-9-18-19(10-25)31-23(30-18)24-32-20-11-26(12-21(20)33-24)17-7-3-15(4-8-17)22(28)29/h1-13H,(H,28,29). The van der Waals surface area contributed by atoms with Crippen molar-refractivity contribution in [2.24, 2.45) is 0 Å². The summed E-state index contributed by atoms with van der Waals surface area (Å²) in [6.45, 7) is 0. The number of hydrogen-bond donors (Lipinski definition) is 1. The van der Waals surface area contributed by atoms with Crippen LogP contribution < -0.4 is 0 Å². The van der Waals surface area contributed by atoms with Gasteiger partial charge in [0, 0.05) is 61.3 Å². The van der Waals surface area contributed by atoms with Gasteiger partial charge in [-0.1, -0.05) is 47.0 Å². The molecular formula is C24H14N2O3S4. The van der Waals surface area contributed by atoms with Gasteiger partial charge in [-0.2, -0.15) is 0 Å². The van der Waals surface area contributed by atoms with E-state index in [1.807, 2.05) is 41.0 Å². The van der Waals surface area contributed by atoms with E-state index >= 15 is 0 Å². The highest BCUT2D eigenvalue weighted by Gasteiger charge is 2.29. The number of thioether (sulfide) groups is 4. The average molecular weight is 507 g/mol. The zero-order valence-corrected chi connectivity index (χ0v) is 20.1. The van der Waals surface area contributed by atoms with Gasteiger partial charge < -0.3 is 14.2 Å². The minimum atomic E-state index is -0.917. The van der Waals surface area contributed by atoms with Crippen molar-refractivity contribution in [3.8, 4) is 11.4 Å². The Kier molecular flexibility index (Phi) is 5.21. The second-order valence-corrected chi connectivity index (χ2v) is 12.1. The van der Waals surface area contributed by atoms with Crippen LogP contribution in [0.2, 0.25) is 0 Å². The van der Waals surface area contributed by atoms with Gasteiger partial charge in [0.05, 0.1) is 14.0 Å². The molecule has 9 heteroatoms. The molecule has 2 aliphatic rings. The first-order valence-corrected chi connectivity index (χ1v) is 13.1. The van der Waals surface area contributed by atoms with Crippen molar-refractivity contribution in [3.05, 3.63) is 92.9 Å². The molecule has 1 N–H and O–H groups in total. The molecule has 0 saturated heterocycles. The summed E-state index contributed by atoms with van der Waals surface area (Å²) in [5.74, 6) is -0.917. The second-order valence-electron chi connectivity index (χ2n) is 7.33. The van der Waals surface area contributed by atoms with Gasteiger partial charge in [-0.25, -0.2) is 4.79 Å². The van der Waals surface area contributed by atoms with Crippen LogP contribution in [0.3, 0.4) is 0 Å². The van der Waals surface area contributed by atoms with Crippen LogP contribution in [0.1, 0.15) is 20.7 Å². The summed E-state index contributed by atoms with van der Waals surface area (Å²) in [5.41, 5.74) is 2.95. The number of rotatable bonds is 4. The van der Waals surface area contributed by atoms with Gasteiger partial charge in [-0.15, -0.1) is 0 Å². The molecule has 0 fully saturated rings. The van der Waals surface area contributed by atoms with Crippen LogP contribution in [0.25, 0.3) is 11.4 Å². The van der Waals surface area contributed by atoms with Gasteiger partial charge in [-0.05, 0) is 48.5 Å². The molecule has 0 spiro atoms. The molecular weight excluding hydrogens is 493 g/mol. The molecule has 5 nitrogen and oxygen atoms in total. The molecule has 4 heterocycles. The van der Waals surface area contributed by atoms with E-state index in [2.05, 4.69) is 29.4 Å². The Balaban J connectivity index is 1.18. The third-order valence-corrected chi connectivity index (χ3v) is 10.7. The molecule has 162 valence electrons. The summed E-state index contributed by atoms with van der Waals surface area (Å²) in [7, 11) is 0. The minimum absolute atomic E-state index is 0.287. The summed E-state index contributed by atoms with van der Waals surface area (Å²) in [4.78, 5) is 26.8. The lowest BCUT2D eigenvalue weighted by Gasteiger charge is -2.06. The maximum atomic E-state index is 11.1. The van der Waals surface area contributed by atoms with E-state index in [4.69, 9.17) is 5.11 Å². The summed E-state index contributed by atoms with van der Waals surface area (Å²) < 4.78 is 6.73. The van der Waals surface area contributed by atoms with Crippen molar-refractivity contribution in [3.63, 3.8) is 0 Å². The van der Waals surface area contributed by atoms with Crippen LogP contribution in [0.5, 0.6) is 0 Å². The number of benzene rings is 2. The molecule has 33 heavy (non-hydrogen) atoms. The van der Waals surface area contributed by atoms with Gasteiger partial charge in [0.25, 0.3) is 0 Å². The lowest BCUT2D eigenvalue weighted by molar-refractivity contribution is 0.0696. The first-order chi connectivity index (χ1) is 16.1. The third-order valence-electron chi connectivity index (χ3n) is 5.23. The number of carbonyl (C=O) groups excluding carboxylic acids is 1. The molecule has 0 aliphatic carbocycles. The highest BCUT2D eigenvalue weighted by atomic mass is 32.2. The van der Waals surface area contributed by atoms with E-state index in [0.29, 0.717) is 5.56 Å². The zero-order valence-electron chi connectivity index (χ0n) is 16.8. The van der Waals surface area contributed by atoms with Crippen molar-refractivity contribution >= 4 is 59.3 Å². The molecule has 0 unspecified atom stereocenters. The number of carbonyl (C=O) groups is 2. The molecule has 0 saturated carbocycles. The van der Waals surface area contributed by atoms with Crippen LogP contribution in [0.4, 0.5) is 0 Å². The van der Waals surface area contributed by atoms with E-state index in [-0.39, 0.29) is 5.56 Å². The monoisotopic (exact) mass is 506 g/mol. The minimum Gasteiger partial charge on any atom is -0.478 e. The van der Waals surface area contributed by atoms with E-state index in [1.54, 1.807) is 59.2 Å². The van der Waals surface area contributed by atoms with Crippen molar-refractivity contribution < 1.29 is 14.7 Å². The Morgan fingerprint density at radius 1 is 0.667 bits per heavy atom. The fraction of sp³-hybridized carbons (Fsp3) is 0. The molecule has 2 aliphatic heterocycles. The van der Waals surface area contributed by atoms with Gasteiger partial charge in [0.15, 0.2) is 0 Å². The number of aromatic carboxylic acids is 1. The SMILES string of the molecule is O=Cc1ccc(-n2cc3c(c2)SC(=C2Sc4cn(-c5ccc(C(=O)O)cc5)cc4S2)S3)cc1. The number of carboxylic acids is 1. The quantitative estimate of drug-likeness (QED) is 0.299. The number of fused-ring (bicyclic) bond motifs is 2. The van der Waals surface area contributed by atoms with Gasteiger partial charge in [-0.3, -0.25) is 4.79 Å². The molecule has 0 bridgehead atoms. The van der Waals surface area contributed by atoms with Crippen LogP contribution in [0, 0.1) is 0 Å². The van der Waals surface area contributed by atoms with Crippen LogP contribution in [0.15, 0.2) is 101 Å². The van der Waals surface area contributed by atoms with Crippen LogP contribution >= 0.6 is 47.0 Å². The first-order valence-electron chi connectivity index (χ1n) is 9.86. The summed E-state index contributed by atoms with van der Waals surface area (Å²) in [6.07, 6.45) is 9.34. The fourth-order valence-corrected chi connectivity index (χ4v) is 8.87. The molecule has 0 amide bonds. The normalized spacial score (nSPS) is 14.4. The molecule has 2 aromatic carbocycles. The molecule has 0 radical (unpaired) electrons. The van der Waals surface area contributed by atoms with Crippen molar-refractivity contribution in [2.45, 2.75) is 19.6 Å². The topological polar surface area (TPSA) is 64.2 Å². The third kappa shape index (κ3) is 3.85. The van der Waals surface area contributed by atoms with Crippen molar-refractivity contribution in [1.29, 1.82) is 0 Å². The molecule has 0 atom stereocenters. The predicted octanol–water partition coefficient (Wildman–Crippen LogP) is 7.00. The van der Waals surface area contributed by atoms with Crippen LogP contribution in [-0.4, -0.2) is 26.5 Å². The number of hydrogen-bond acceptors (Lipinski definition) is 6. The molecule has 4 aromatic rings. The summed E-state index contributed by atoms with van der Waals surface area (Å²) >= 11 is 7.16. The highest BCUT2D eigenvalue weighted by Crippen LogP contribution is 2.61. The van der Waals surface area contributed by atoms with Gasteiger partial charge in [0.1, 0.15) is 6.29 Å². The second kappa shape index (κ2) is 8.25. The van der Waals surface area contributed by atoms with Crippen molar-refractivity contribution in [2.75, 3.05) is 0 Å². The number of aldehydes is 1. The van der Waals surface area contributed by atoms with E-state index in [1.165, 1.54) is 28.1 Å². The number of nitrogens with zero attached hydrogens (tertiary/aromatic N) is 2. The van der Waals surface area contributed by atoms with Crippen molar-refractivity contribution in [1.82, 2.24) is 9.13 Å². The Labute approximate surface area is 206 Å². The van der Waals surface area contributed by atoms with E-state index in [0.717, 1.165) is 17.7 Å². The summed E-state index contributed by atoms with van der Waals surface area (Å²) in [6, 6.07) is 14.5.